The molecule has 17 heavy (non-hydrogen) atoms. The fraction of sp³-hybridized carbons (Fsp3) is 0.909. The summed E-state index contributed by atoms with van der Waals surface area (Å²) in [6.45, 7) is 7.44. The minimum absolute atomic E-state index is 0.355. The normalized spacial score (nSPS) is 21.0. The number of piperazine rings is 1. The Kier molecular flexibility index (Phi) is 5.37. The number of nitriles is 1. The van der Waals surface area contributed by atoms with Crippen molar-refractivity contribution in [3.63, 3.8) is 0 Å². The molecule has 0 aromatic carbocycles. The SMILES string of the molecule is CCCN1CCN(S(=O)(=O)C(C#N)CC)CC1. The fourth-order valence-corrected chi connectivity index (χ4v) is 3.66. The van der Waals surface area contributed by atoms with Crippen LogP contribution in [0.4, 0.5) is 0 Å². The molecule has 0 spiro atoms. The maximum Gasteiger partial charge on any atom is 0.230 e. The summed E-state index contributed by atoms with van der Waals surface area (Å²) in [5.41, 5.74) is 0. The van der Waals surface area contributed by atoms with E-state index in [9.17, 15) is 8.42 Å². The van der Waals surface area contributed by atoms with E-state index < -0.39 is 15.3 Å². The zero-order valence-electron chi connectivity index (χ0n) is 10.6. The van der Waals surface area contributed by atoms with E-state index >= 15 is 0 Å². The predicted molar refractivity (Wildman–Crippen MR) is 66.9 cm³/mol. The molecule has 5 nitrogen and oxygen atoms in total. The molecule has 1 aliphatic rings. The Balaban J connectivity index is 2.62. The van der Waals surface area contributed by atoms with Crippen molar-refractivity contribution >= 4 is 10.0 Å². The van der Waals surface area contributed by atoms with Crippen molar-refractivity contribution in [3.8, 4) is 6.07 Å². The Hall–Kier alpha value is -0.640. The molecular weight excluding hydrogens is 238 g/mol. The molecule has 1 fully saturated rings. The van der Waals surface area contributed by atoms with Crippen LogP contribution in [0.5, 0.6) is 0 Å². The van der Waals surface area contributed by atoms with E-state index in [0.717, 1.165) is 26.1 Å². The van der Waals surface area contributed by atoms with E-state index in [1.54, 1.807) is 6.92 Å². The lowest BCUT2D eigenvalue weighted by molar-refractivity contribution is 0.188. The number of hydrogen-bond donors (Lipinski definition) is 0. The first-order valence-corrected chi connectivity index (χ1v) is 7.67. The van der Waals surface area contributed by atoms with Crippen LogP contribution in [0.25, 0.3) is 0 Å². The third-order valence-corrected chi connectivity index (χ3v) is 5.35. The average Bonchev–Trinajstić information content (AvgIpc) is 2.31. The monoisotopic (exact) mass is 259 g/mol. The van der Waals surface area contributed by atoms with E-state index in [-0.39, 0.29) is 0 Å². The summed E-state index contributed by atoms with van der Waals surface area (Å²) < 4.78 is 25.7. The molecule has 0 saturated carbocycles. The van der Waals surface area contributed by atoms with E-state index in [1.165, 1.54) is 4.31 Å². The first kappa shape index (κ1) is 14.4. The van der Waals surface area contributed by atoms with Gasteiger partial charge in [0.05, 0.1) is 6.07 Å². The topological polar surface area (TPSA) is 64.4 Å². The van der Waals surface area contributed by atoms with Crippen molar-refractivity contribution in [1.29, 1.82) is 5.26 Å². The van der Waals surface area contributed by atoms with Gasteiger partial charge in [-0.2, -0.15) is 9.57 Å². The average molecular weight is 259 g/mol. The lowest BCUT2D eigenvalue weighted by Crippen LogP contribution is -2.50. The molecule has 1 aliphatic heterocycles. The zero-order valence-corrected chi connectivity index (χ0v) is 11.4. The summed E-state index contributed by atoms with van der Waals surface area (Å²) >= 11 is 0. The van der Waals surface area contributed by atoms with Gasteiger partial charge in [0.2, 0.25) is 10.0 Å². The van der Waals surface area contributed by atoms with Crippen molar-refractivity contribution in [2.24, 2.45) is 0 Å². The number of rotatable bonds is 5. The summed E-state index contributed by atoms with van der Waals surface area (Å²) in [7, 11) is -3.42. The highest BCUT2D eigenvalue weighted by molar-refractivity contribution is 7.90. The van der Waals surface area contributed by atoms with Crippen LogP contribution in [-0.4, -0.2) is 55.6 Å². The summed E-state index contributed by atoms with van der Waals surface area (Å²) in [5, 5.41) is 7.97. The standard InChI is InChI=1S/C11H21N3O2S/c1-3-5-13-6-8-14(9-7-13)17(15,16)11(4-2)10-12/h11H,3-9H2,1-2H3. The van der Waals surface area contributed by atoms with Crippen molar-refractivity contribution in [1.82, 2.24) is 9.21 Å². The Bertz CT molecular complexity index is 367. The third kappa shape index (κ3) is 3.41. The van der Waals surface area contributed by atoms with Crippen molar-refractivity contribution in [2.45, 2.75) is 31.9 Å². The lowest BCUT2D eigenvalue weighted by Gasteiger charge is -2.34. The molecule has 6 heteroatoms. The highest BCUT2D eigenvalue weighted by Crippen LogP contribution is 2.14. The molecule has 0 bridgehead atoms. The molecule has 1 saturated heterocycles. The predicted octanol–water partition coefficient (Wildman–Crippen LogP) is 0.646. The molecule has 1 unspecified atom stereocenters. The maximum absolute atomic E-state index is 12.1. The maximum atomic E-state index is 12.1. The van der Waals surface area contributed by atoms with Gasteiger partial charge in [0.15, 0.2) is 5.25 Å². The van der Waals surface area contributed by atoms with E-state index in [1.807, 2.05) is 6.07 Å². The summed E-state index contributed by atoms with van der Waals surface area (Å²) in [6, 6.07) is 1.88. The minimum Gasteiger partial charge on any atom is -0.301 e. The second kappa shape index (κ2) is 6.34. The van der Waals surface area contributed by atoms with Gasteiger partial charge in [0.1, 0.15) is 0 Å². The van der Waals surface area contributed by atoms with Gasteiger partial charge >= 0.3 is 0 Å². The number of nitrogens with zero attached hydrogens (tertiary/aromatic N) is 3. The minimum atomic E-state index is -3.42. The second-order valence-electron chi connectivity index (χ2n) is 4.31. The summed E-state index contributed by atoms with van der Waals surface area (Å²) in [4.78, 5) is 2.26. The summed E-state index contributed by atoms with van der Waals surface area (Å²) in [5.74, 6) is 0. The van der Waals surface area contributed by atoms with E-state index in [0.29, 0.717) is 19.5 Å². The quantitative estimate of drug-likeness (QED) is 0.727. The van der Waals surface area contributed by atoms with Crippen LogP contribution in [0.1, 0.15) is 26.7 Å². The second-order valence-corrected chi connectivity index (χ2v) is 6.43. The van der Waals surface area contributed by atoms with Gasteiger partial charge in [-0.3, -0.25) is 0 Å². The number of hydrogen-bond acceptors (Lipinski definition) is 4. The summed E-state index contributed by atoms with van der Waals surface area (Å²) in [6.07, 6.45) is 1.44. The molecule has 0 aliphatic carbocycles. The first-order valence-electron chi connectivity index (χ1n) is 6.17. The van der Waals surface area contributed by atoms with Gasteiger partial charge < -0.3 is 4.90 Å². The molecule has 0 amide bonds. The van der Waals surface area contributed by atoms with Crippen LogP contribution in [0, 0.1) is 11.3 Å². The molecule has 98 valence electrons. The number of sulfonamides is 1. The molecule has 0 radical (unpaired) electrons. The zero-order chi connectivity index (χ0) is 12.9. The first-order chi connectivity index (χ1) is 8.06. The Morgan fingerprint density at radius 3 is 2.24 bits per heavy atom. The van der Waals surface area contributed by atoms with Crippen molar-refractivity contribution in [3.05, 3.63) is 0 Å². The molecule has 0 aromatic heterocycles. The smallest absolute Gasteiger partial charge is 0.230 e. The van der Waals surface area contributed by atoms with E-state index in [2.05, 4.69) is 11.8 Å². The molecule has 1 atom stereocenters. The van der Waals surface area contributed by atoms with Crippen LogP contribution in [-0.2, 0) is 10.0 Å². The van der Waals surface area contributed by atoms with Gasteiger partial charge in [-0.1, -0.05) is 13.8 Å². The van der Waals surface area contributed by atoms with Gasteiger partial charge in [0, 0.05) is 26.2 Å². The van der Waals surface area contributed by atoms with Gasteiger partial charge in [0.25, 0.3) is 0 Å². The van der Waals surface area contributed by atoms with Crippen LogP contribution in [0.2, 0.25) is 0 Å². The Morgan fingerprint density at radius 1 is 1.24 bits per heavy atom. The van der Waals surface area contributed by atoms with Gasteiger partial charge in [-0.15, -0.1) is 0 Å². The molecular formula is C11H21N3O2S. The largest absolute Gasteiger partial charge is 0.301 e. The van der Waals surface area contributed by atoms with Crippen LogP contribution in [0.15, 0.2) is 0 Å². The molecule has 0 aromatic rings. The Labute approximate surface area is 104 Å². The lowest BCUT2D eigenvalue weighted by atomic mass is 10.3. The highest BCUT2D eigenvalue weighted by atomic mass is 32.2. The van der Waals surface area contributed by atoms with Crippen LogP contribution in [0.3, 0.4) is 0 Å². The fourth-order valence-electron chi connectivity index (χ4n) is 2.07. The molecule has 0 N–H and O–H groups in total. The third-order valence-electron chi connectivity index (χ3n) is 3.11. The Morgan fingerprint density at radius 2 is 1.82 bits per heavy atom. The van der Waals surface area contributed by atoms with Crippen molar-refractivity contribution < 1.29 is 8.42 Å². The van der Waals surface area contributed by atoms with E-state index in [4.69, 9.17) is 5.26 Å². The van der Waals surface area contributed by atoms with Crippen LogP contribution >= 0.6 is 0 Å². The van der Waals surface area contributed by atoms with Gasteiger partial charge in [-0.25, -0.2) is 8.42 Å². The molecule has 1 heterocycles. The van der Waals surface area contributed by atoms with Gasteiger partial charge in [-0.05, 0) is 19.4 Å². The van der Waals surface area contributed by atoms with Crippen molar-refractivity contribution in [2.75, 3.05) is 32.7 Å². The highest BCUT2D eigenvalue weighted by Gasteiger charge is 2.32. The molecule has 1 rings (SSSR count). The van der Waals surface area contributed by atoms with Crippen LogP contribution < -0.4 is 0 Å².